The van der Waals surface area contributed by atoms with E-state index in [1.807, 2.05) is 37.3 Å². The van der Waals surface area contributed by atoms with Gasteiger partial charge < -0.3 is 0 Å². The maximum Gasteiger partial charge on any atom is 0.266 e. The number of hydrogen-bond acceptors (Lipinski definition) is 4. The first-order valence-corrected chi connectivity index (χ1v) is 6.51. The van der Waals surface area contributed by atoms with E-state index in [2.05, 4.69) is 15.1 Å². The zero-order chi connectivity index (χ0) is 14.4. The van der Waals surface area contributed by atoms with Gasteiger partial charge in [-0.2, -0.15) is 14.6 Å². The van der Waals surface area contributed by atoms with Crippen LogP contribution in [0.5, 0.6) is 0 Å². The standard InChI is InChI=1S/C15H11N5O/c1-10-2-4-11(5-3-10)19-7-6-13-12(14(19)21)8-16-15-17-9-18-20(13)15/h2-9H,1H3. The Labute approximate surface area is 119 Å². The van der Waals surface area contributed by atoms with Crippen molar-refractivity contribution in [3.8, 4) is 5.69 Å². The van der Waals surface area contributed by atoms with Crippen LogP contribution in [0.3, 0.4) is 0 Å². The average molecular weight is 277 g/mol. The number of aryl methyl sites for hydroxylation is 1. The van der Waals surface area contributed by atoms with Crippen molar-refractivity contribution in [2.24, 2.45) is 0 Å². The third-order valence-corrected chi connectivity index (χ3v) is 3.49. The lowest BCUT2D eigenvalue weighted by Crippen LogP contribution is -2.18. The molecule has 0 saturated carbocycles. The van der Waals surface area contributed by atoms with Crippen molar-refractivity contribution in [3.05, 3.63) is 65.0 Å². The van der Waals surface area contributed by atoms with Crippen molar-refractivity contribution in [3.63, 3.8) is 0 Å². The number of fused-ring (bicyclic) bond motifs is 3. The van der Waals surface area contributed by atoms with Gasteiger partial charge in [-0.25, -0.2) is 4.98 Å². The van der Waals surface area contributed by atoms with Gasteiger partial charge in [0.05, 0.1) is 10.9 Å². The van der Waals surface area contributed by atoms with Crippen LogP contribution in [0.15, 0.2) is 53.8 Å². The molecule has 0 saturated heterocycles. The topological polar surface area (TPSA) is 65.1 Å². The molecular weight excluding hydrogens is 266 g/mol. The fourth-order valence-corrected chi connectivity index (χ4v) is 2.37. The summed E-state index contributed by atoms with van der Waals surface area (Å²) in [6.45, 7) is 2.01. The van der Waals surface area contributed by atoms with Crippen LogP contribution in [-0.2, 0) is 0 Å². The lowest BCUT2D eigenvalue weighted by atomic mass is 10.2. The lowest BCUT2D eigenvalue weighted by molar-refractivity contribution is 0.957. The molecule has 0 spiro atoms. The quantitative estimate of drug-likeness (QED) is 0.531. The minimum absolute atomic E-state index is 0.124. The zero-order valence-corrected chi connectivity index (χ0v) is 11.3. The SMILES string of the molecule is Cc1ccc(-n2ccc3c(cnc4ncnn43)c2=O)cc1. The highest BCUT2D eigenvalue weighted by atomic mass is 16.1. The lowest BCUT2D eigenvalue weighted by Gasteiger charge is -2.07. The first-order valence-electron chi connectivity index (χ1n) is 6.51. The molecule has 21 heavy (non-hydrogen) atoms. The Kier molecular flexibility index (Phi) is 2.38. The van der Waals surface area contributed by atoms with Crippen LogP contribution < -0.4 is 5.56 Å². The molecule has 0 fully saturated rings. The van der Waals surface area contributed by atoms with Gasteiger partial charge >= 0.3 is 0 Å². The Bertz CT molecular complexity index is 1010. The highest BCUT2D eigenvalue weighted by molar-refractivity contribution is 5.78. The normalized spacial score (nSPS) is 11.3. The Morgan fingerprint density at radius 2 is 1.86 bits per heavy atom. The van der Waals surface area contributed by atoms with Gasteiger partial charge in [0.1, 0.15) is 6.33 Å². The summed E-state index contributed by atoms with van der Waals surface area (Å²) in [5.74, 6) is 0.481. The molecule has 4 rings (SSSR count). The molecule has 6 heteroatoms. The smallest absolute Gasteiger partial charge is 0.266 e. The summed E-state index contributed by atoms with van der Waals surface area (Å²) in [6, 6.07) is 9.64. The summed E-state index contributed by atoms with van der Waals surface area (Å²) in [5.41, 5.74) is 2.55. The molecule has 3 heterocycles. The zero-order valence-electron chi connectivity index (χ0n) is 11.3. The molecule has 6 nitrogen and oxygen atoms in total. The van der Waals surface area contributed by atoms with Crippen molar-refractivity contribution >= 4 is 16.7 Å². The van der Waals surface area contributed by atoms with Gasteiger partial charge in [-0.1, -0.05) is 17.7 Å². The van der Waals surface area contributed by atoms with E-state index >= 15 is 0 Å². The number of hydrogen-bond donors (Lipinski definition) is 0. The number of aromatic nitrogens is 5. The minimum atomic E-state index is -0.124. The predicted octanol–water partition coefficient (Wildman–Crippen LogP) is 1.74. The molecule has 0 aliphatic rings. The number of rotatable bonds is 1. The third-order valence-electron chi connectivity index (χ3n) is 3.49. The predicted molar refractivity (Wildman–Crippen MR) is 78.6 cm³/mol. The fourth-order valence-electron chi connectivity index (χ4n) is 2.37. The molecule has 0 amide bonds. The van der Waals surface area contributed by atoms with E-state index in [9.17, 15) is 4.79 Å². The van der Waals surface area contributed by atoms with Gasteiger partial charge in [-0.15, -0.1) is 0 Å². The largest absolute Gasteiger partial charge is 0.284 e. The molecule has 0 radical (unpaired) electrons. The number of nitrogens with zero attached hydrogens (tertiary/aromatic N) is 5. The van der Waals surface area contributed by atoms with Gasteiger partial charge in [0, 0.05) is 18.1 Å². The Hall–Kier alpha value is -3.02. The maximum atomic E-state index is 12.6. The summed E-state index contributed by atoms with van der Waals surface area (Å²) in [6.07, 6.45) is 4.72. The van der Waals surface area contributed by atoms with Crippen LogP contribution in [0, 0.1) is 6.92 Å². The van der Waals surface area contributed by atoms with E-state index in [-0.39, 0.29) is 5.56 Å². The van der Waals surface area contributed by atoms with E-state index < -0.39 is 0 Å². The Balaban J connectivity index is 2.04. The summed E-state index contributed by atoms with van der Waals surface area (Å²) in [7, 11) is 0. The first kappa shape index (κ1) is 11.8. The monoisotopic (exact) mass is 277 g/mol. The minimum Gasteiger partial charge on any atom is -0.284 e. The molecule has 0 bridgehead atoms. The molecule has 0 atom stereocenters. The Morgan fingerprint density at radius 3 is 2.67 bits per heavy atom. The summed E-state index contributed by atoms with van der Waals surface area (Å²) >= 11 is 0. The summed E-state index contributed by atoms with van der Waals surface area (Å²) < 4.78 is 3.17. The fraction of sp³-hybridized carbons (Fsp3) is 0.0667. The second-order valence-electron chi connectivity index (χ2n) is 4.86. The summed E-state index contributed by atoms with van der Waals surface area (Å²) in [5, 5.41) is 4.61. The molecule has 102 valence electrons. The molecule has 0 aliphatic heterocycles. The van der Waals surface area contributed by atoms with Crippen molar-refractivity contribution < 1.29 is 0 Å². The van der Waals surface area contributed by atoms with Crippen molar-refractivity contribution in [2.75, 3.05) is 0 Å². The van der Waals surface area contributed by atoms with E-state index in [1.54, 1.807) is 21.5 Å². The van der Waals surface area contributed by atoms with E-state index in [0.717, 1.165) is 11.3 Å². The van der Waals surface area contributed by atoms with Crippen LogP contribution in [0.2, 0.25) is 0 Å². The highest BCUT2D eigenvalue weighted by Crippen LogP contribution is 2.12. The second-order valence-corrected chi connectivity index (χ2v) is 4.86. The maximum absolute atomic E-state index is 12.6. The van der Waals surface area contributed by atoms with E-state index in [4.69, 9.17) is 0 Å². The molecule has 4 aromatic rings. The van der Waals surface area contributed by atoms with Gasteiger partial charge in [-0.3, -0.25) is 9.36 Å². The van der Waals surface area contributed by atoms with E-state index in [1.165, 1.54) is 6.33 Å². The molecule has 3 aromatic heterocycles. The van der Waals surface area contributed by atoms with Gasteiger partial charge in [0.15, 0.2) is 0 Å². The van der Waals surface area contributed by atoms with Crippen LogP contribution in [-0.4, -0.2) is 24.1 Å². The molecular formula is C15H11N5O. The molecule has 0 unspecified atom stereocenters. The van der Waals surface area contributed by atoms with E-state index in [0.29, 0.717) is 16.7 Å². The number of benzene rings is 1. The van der Waals surface area contributed by atoms with Crippen LogP contribution in [0.4, 0.5) is 0 Å². The van der Waals surface area contributed by atoms with Gasteiger partial charge in [0.25, 0.3) is 11.3 Å². The van der Waals surface area contributed by atoms with Crippen LogP contribution in [0.25, 0.3) is 22.4 Å². The van der Waals surface area contributed by atoms with Crippen molar-refractivity contribution in [2.45, 2.75) is 6.92 Å². The first-order chi connectivity index (χ1) is 10.2. The second kappa shape index (κ2) is 4.24. The highest BCUT2D eigenvalue weighted by Gasteiger charge is 2.09. The average Bonchev–Trinajstić information content (AvgIpc) is 2.97. The summed E-state index contributed by atoms with van der Waals surface area (Å²) in [4.78, 5) is 20.8. The molecule has 1 aromatic carbocycles. The van der Waals surface area contributed by atoms with Crippen LogP contribution >= 0.6 is 0 Å². The van der Waals surface area contributed by atoms with Crippen LogP contribution in [0.1, 0.15) is 5.56 Å². The molecule has 0 aliphatic carbocycles. The Morgan fingerprint density at radius 1 is 1.05 bits per heavy atom. The van der Waals surface area contributed by atoms with Gasteiger partial charge in [0.2, 0.25) is 0 Å². The number of pyridine rings is 1. The molecule has 0 N–H and O–H groups in total. The van der Waals surface area contributed by atoms with Gasteiger partial charge in [-0.05, 0) is 25.1 Å². The third kappa shape index (κ3) is 1.73. The van der Waals surface area contributed by atoms with Crippen molar-refractivity contribution in [1.82, 2.24) is 24.1 Å². The van der Waals surface area contributed by atoms with Crippen molar-refractivity contribution in [1.29, 1.82) is 0 Å².